The molecule has 1 fully saturated rings. The number of hydrogen-bond donors (Lipinski definition) is 2. The Morgan fingerprint density at radius 2 is 2.04 bits per heavy atom. The number of benzene rings is 1. The lowest BCUT2D eigenvalue weighted by atomic mass is 10.1. The van der Waals surface area contributed by atoms with E-state index in [9.17, 15) is 10.2 Å². The summed E-state index contributed by atoms with van der Waals surface area (Å²) in [4.78, 5) is 3.97. The van der Waals surface area contributed by atoms with Gasteiger partial charge in [0.2, 0.25) is 0 Å². The first-order valence-corrected chi connectivity index (χ1v) is 8.40. The Balaban J connectivity index is 0.00000243. The lowest BCUT2D eigenvalue weighted by Crippen LogP contribution is -2.35. The molecule has 0 unspecified atom stereocenters. The van der Waals surface area contributed by atoms with Gasteiger partial charge >= 0.3 is 0 Å². The van der Waals surface area contributed by atoms with Gasteiger partial charge < -0.3 is 29.0 Å². The van der Waals surface area contributed by atoms with Crippen LogP contribution in [0.25, 0.3) is 0 Å². The predicted octanol–water partition coefficient (Wildman–Crippen LogP) is 1.93. The van der Waals surface area contributed by atoms with Crippen molar-refractivity contribution >= 4 is 24.0 Å². The van der Waals surface area contributed by atoms with Gasteiger partial charge in [0.1, 0.15) is 36.4 Å². The van der Waals surface area contributed by atoms with Crippen LogP contribution < -0.4 is 9.47 Å². The normalized spacial score (nSPS) is 24.9. The maximum atomic E-state index is 10.2. The number of ether oxygens (including phenoxy) is 3. The van der Waals surface area contributed by atoms with E-state index in [1.54, 1.807) is 37.8 Å². The summed E-state index contributed by atoms with van der Waals surface area (Å²) < 4.78 is 18.4. The van der Waals surface area contributed by atoms with E-state index < -0.39 is 24.4 Å². The van der Waals surface area contributed by atoms with Crippen molar-refractivity contribution in [3.05, 3.63) is 41.9 Å². The molecule has 1 aromatic heterocycles. The minimum atomic E-state index is -1.01. The third kappa shape index (κ3) is 4.81. The monoisotopic (exact) mass is 404 g/mol. The summed E-state index contributed by atoms with van der Waals surface area (Å²) in [6.45, 7) is 0.734. The van der Waals surface area contributed by atoms with Crippen LogP contribution in [0.1, 0.15) is 6.42 Å². The predicted molar refractivity (Wildman–Crippen MR) is 98.3 cm³/mol. The molecular weight excluding hydrogens is 383 g/mol. The number of hydrogen-bond acceptors (Lipinski definition) is 6. The minimum Gasteiger partial charge on any atom is -0.497 e. The highest BCUT2D eigenvalue weighted by atomic mass is 35.5. The molecule has 0 spiro atoms. The van der Waals surface area contributed by atoms with Crippen molar-refractivity contribution in [2.24, 2.45) is 0 Å². The standard InChI is InChI=1S/C17H21ClN2O5.ClH/c1-23-11-2-3-13(12(18)8-11)24-9-15-17(22)16(21)14(25-15)4-6-20-7-5-19-10-20;/h2-3,5,7-8,10,14-17,21-22H,4,6,9H2,1H3;1H/t14-,15-,16-,17+;/m1./s1. The van der Waals surface area contributed by atoms with Gasteiger partial charge in [-0.05, 0) is 18.6 Å². The van der Waals surface area contributed by atoms with Crippen LogP contribution in [0.5, 0.6) is 11.5 Å². The number of nitrogens with zero attached hydrogens (tertiary/aromatic N) is 2. The van der Waals surface area contributed by atoms with Gasteiger partial charge in [-0.3, -0.25) is 0 Å². The molecule has 2 N–H and O–H groups in total. The molecule has 0 amide bonds. The fraction of sp³-hybridized carbons (Fsp3) is 0.471. The van der Waals surface area contributed by atoms with Gasteiger partial charge in [-0.25, -0.2) is 4.98 Å². The van der Waals surface area contributed by atoms with E-state index in [1.807, 2.05) is 10.8 Å². The van der Waals surface area contributed by atoms with Crippen LogP contribution in [-0.2, 0) is 11.3 Å². The van der Waals surface area contributed by atoms with Gasteiger partial charge in [-0.15, -0.1) is 12.4 Å². The van der Waals surface area contributed by atoms with Gasteiger partial charge in [-0.1, -0.05) is 11.6 Å². The lowest BCUT2D eigenvalue weighted by Gasteiger charge is -2.16. The van der Waals surface area contributed by atoms with Crippen molar-refractivity contribution in [2.75, 3.05) is 13.7 Å². The molecule has 0 saturated carbocycles. The average Bonchev–Trinajstić information content (AvgIpc) is 3.22. The Labute approximate surface area is 162 Å². The molecule has 1 aliphatic heterocycles. The van der Waals surface area contributed by atoms with Crippen LogP contribution in [0, 0.1) is 0 Å². The van der Waals surface area contributed by atoms with Gasteiger partial charge in [0.25, 0.3) is 0 Å². The Kier molecular flexibility index (Phi) is 7.55. The molecule has 2 aromatic rings. The number of halogens is 2. The summed E-state index contributed by atoms with van der Waals surface area (Å²) in [6.07, 6.45) is 2.74. The molecule has 26 heavy (non-hydrogen) atoms. The molecule has 0 bridgehead atoms. The van der Waals surface area contributed by atoms with E-state index in [0.29, 0.717) is 29.5 Å². The van der Waals surface area contributed by atoms with E-state index >= 15 is 0 Å². The van der Waals surface area contributed by atoms with Gasteiger partial charge in [0.05, 0.1) is 24.6 Å². The molecule has 1 saturated heterocycles. The molecule has 144 valence electrons. The second-order valence-corrected chi connectivity index (χ2v) is 6.30. The number of methoxy groups -OCH3 is 1. The zero-order chi connectivity index (χ0) is 17.8. The first kappa shape index (κ1) is 20.8. The van der Waals surface area contributed by atoms with Crippen LogP contribution in [0.3, 0.4) is 0 Å². The SMILES string of the molecule is COc1ccc(OC[C@H]2O[C@H](CCn3ccnc3)[C@@H](O)[C@H]2O)c(Cl)c1.Cl. The minimum absolute atomic E-state index is 0. The number of aromatic nitrogens is 2. The van der Waals surface area contributed by atoms with Crippen LogP contribution in [0.4, 0.5) is 0 Å². The van der Waals surface area contributed by atoms with Crippen molar-refractivity contribution in [1.82, 2.24) is 9.55 Å². The smallest absolute Gasteiger partial charge is 0.138 e. The molecule has 0 aliphatic carbocycles. The fourth-order valence-corrected chi connectivity index (χ4v) is 3.02. The first-order chi connectivity index (χ1) is 12.1. The third-order valence-corrected chi connectivity index (χ3v) is 4.53. The molecule has 9 heteroatoms. The zero-order valence-electron chi connectivity index (χ0n) is 14.2. The van der Waals surface area contributed by atoms with E-state index in [-0.39, 0.29) is 19.0 Å². The second kappa shape index (κ2) is 9.43. The molecule has 0 radical (unpaired) electrons. The number of aliphatic hydroxyl groups is 2. The Morgan fingerprint density at radius 1 is 1.27 bits per heavy atom. The maximum Gasteiger partial charge on any atom is 0.138 e. The molecule has 1 aliphatic rings. The van der Waals surface area contributed by atoms with Gasteiger partial charge in [0, 0.05) is 25.0 Å². The first-order valence-electron chi connectivity index (χ1n) is 8.02. The summed E-state index contributed by atoms with van der Waals surface area (Å²) in [5.41, 5.74) is 0. The number of rotatable bonds is 7. The van der Waals surface area contributed by atoms with Crippen molar-refractivity contribution in [1.29, 1.82) is 0 Å². The van der Waals surface area contributed by atoms with Crippen molar-refractivity contribution in [2.45, 2.75) is 37.4 Å². The van der Waals surface area contributed by atoms with E-state index in [0.717, 1.165) is 0 Å². The highest BCUT2D eigenvalue weighted by Crippen LogP contribution is 2.30. The Hall–Kier alpha value is -1.51. The van der Waals surface area contributed by atoms with E-state index in [4.69, 9.17) is 25.8 Å². The van der Waals surface area contributed by atoms with Crippen LogP contribution in [-0.4, -0.2) is 57.9 Å². The number of aliphatic hydroxyl groups excluding tert-OH is 2. The van der Waals surface area contributed by atoms with E-state index in [1.165, 1.54) is 0 Å². The number of imidazole rings is 1. The van der Waals surface area contributed by atoms with Gasteiger partial charge in [0.15, 0.2) is 0 Å². The van der Waals surface area contributed by atoms with Crippen LogP contribution >= 0.6 is 24.0 Å². The molecule has 7 nitrogen and oxygen atoms in total. The summed E-state index contributed by atoms with van der Waals surface area (Å²) in [5.74, 6) is 1.10. The summed E-state index contributed by atoms with van der Waals surface area (Å²) >= 11 is 6.13. The van der Waals surface area contributed by atoms with Crippen LogP contribution in [0.15, 0.2) is 36.9 Å². The quantitative estimate of drug-likeness (QED) is 0.732. The zero-order valence-corrected chi connectivity index (χ0v) is 15.8. The Bertz CT molecular complexity index is 686. The van der Waals surface area contributed by atoms with Gasteiger partial charge in [-0.2, -0.15) is 0 Å². The summed E-state index contributed by atoms with van der Waals surface area (Å²) in [7, 11) is 1.56. The van der Waals surface area contributed by atoms with E-state index in [2.05, 4.69) is 4.98 Å². The highest BCUT2D eigenvalue weighted by Gasteiger charge is 2.42. The van der Waals surface area contributed by atoms with Crippen molar-refractivity contribution in [3.63, 3.8) is 0 Å². The fourth-order valence-electron chi connectivity index (χ4n) is 2.79. The molecule has 4 atom stereocenters. The molecular formula is C17H22Cl2N2O5. The molecule has 1 aromatic carbocycles. The van der Waals surface area contributed by atoms with Crippen LogP contribution in [0.2, 0.25) is 5.02 Å². The maximum absolute atomic E-state index is 10.2. The van der Waals surface area contributed by atoms with Crippen molar-refractivity contribution in [3.8, 4) is 11.5 Å². The number of aryl methyl sites for hydroxylation is 1. The summed E-state index contributed by atoms with van der Waals surface area (Å²) in [6, 6.07) is 5.07. The second-order valence-electron chi connectivity index (χ2n) is 5.89. The summed E-state index contributed by atoms with van der Waals surface area (Å²) in [5, 5.41) is 20.8. The average molecular weight is 405 g/mol. The Morgan fingerprint density at radius 3 is 2.69 bits per heavy atom. The molecule has 2 heterocycles. The third-order valence-electron chi connectivity index (χ3n) is 4.23. The van der Waals surface area contributed by atoms with Crippen molar-refractivity contribution < 1.29 is 24.4 Å². The highest BCUT2D eigenvalue weighted by molar-refractivity contribution is 6.32. The molecule has 3 rings (SSSR count). The largest absolute Gasteiger partial charge is 0.497 e. The lowest BCUT2D eigenvalue weighted by molar-refractivity contribution is -0.0195. The topological polar surface area (TPSA) is 86.0 Å².